The Kier molecular flexibility index (Phi) is 8.19. The highest BCUT2D eigenvalue weighted by Crippen LogP contribution is 2.26. The van der Waals surface area contributed by atoms with Crippen molar-refractivity contribution in [1.29, 1.82) is 0 Å². The molecule has 0 radical (unpaired) electrons. The minimum atomic E-state index is -0.585. The van der Waals surface area contributed by atoms with Crippen LogP contribution in [0.5, 0.6) is 0 Å². The second kappa shape index (κ2) is 9.63. The molecule has 1 aliphatic carbocycles. The number of likely N-dealkylation sites (N-methyl/N-ethyl adjacent to an activating group) is 1. The van der Waals surface area contributed by atoms with E-state index in [9.17, 15) is 14.4 Å². The summed E-state index contributed by atoms with van der Waals surface area (Å²) in [7, 11) is 1.76. The molecule has 0 aromatic rings. The number of amides is 2. The summed E-state index contributed by atoms with van der Waals surface area (Å²) in [6.45, 7) is 7.36. The van der Waals surface area contributed by atoms with Crippen LogP contribution >= 0.6 is 0 Å². The Bertz CT molecular complexity index is 465. The van der Waals surface area contributed by atoms with Gasteiger partial charge in [-0.3, -0.25) is 9.59 Å². The van der Waals surface area contributed by atoms with Crippen LogP contribution in [0.15, 0.2) is 0 Å². The summed E-state index contributed by atoms with van der Waals surface area (Å²) >= 11 is 0. The summed E-state index contributed by atoms with van der Waals surface area (Å²) in [6, 6.07) is 0.233. The van der Waals surface area contributed by atoms with Crippen molar-refractivity contribution in [3.05, 3.63) is 0 Å². The number of alkyl carbamates (subject to hydrolysis) is 1. The Morgan fingerprint density at radius 2 is 1.72 bits per heavy atom. The molecule has 0 spiro atoms. The molecule has 7 nitrogen and oxygen atoms in total. The summed E-state index contributed by atoms with van der Waals surface area (Å²) in [5.74, 6) is 0.0122. The molecule has 0 atom stereocenters. The van der Waals surface area contributed by atoms with Crippen LogP contribution in [0.25, 0.3) is 0 Å². The molecule has 0 heterocycles. The van der Waals surface area contributed by atoms with Crippen LogP contribution in [0.1, 0.15) is 59.8 Å². The summed E-state index contributed by atoms with van der Waals surface area (Å²) in [6.07, 6.45) is 3.66. The highest BCUT2D eigenvalue weighted by molar-refractivity contribution is 5.81. The molecule has 0 aromatic heterocycles. The van der Waals surface area contributed by atoms with Crippen LogP contribution in [0, 0.1) is 5.92 Å². The average Bonchev–Trinajstić information content (AvgIpc) is 2.51. The molecule has 2 amide bonds. The maximum absolute atomic E-state index is 12.1. The van der Waals surface area contributed by atoms with E-state index in [2.05, 4.69) is 12.2 Å². The number of ether oxygens (including phenoxy) is 2. The molecule has 1 fully saturated rings. The minimum Gasteiger partial charge on any atom is -0.456 e. The molecular weight excluding hydrogens is 324 g/mol. The van der Waals surface area contributed by atoms with E-state index in [-0.39, 0.29) is 31.5 Å². The SMILES string of the molecule is CC1CCC(N(C)C(=O)COC(=O)CCNC(=O)OC(C)(C)C)CC1. The van der Waals surface area contributed by atoms with Crippen molar-refractivity contribution in [2.45, 2.75) is 71.4 Å². The highest BCUT2D eigenvalue weighted by Gasteiger charge is 2.25. The first-order valence-corrected chi connectivity index (χ1v) is 8.96. The lowest BCUT2D eigenvalue weighted by molar-refractivity contribution is -0.152. The van der Waals surface area contributed by atoms with E-state index in [0.29, 0.717) is 0 Å². The van der Waals surface area contributed by atoms with E-state index >= 15 is 0 Å². The topological polar surface area (TPSA) is 84.9 Å². The summed E-state index contributed by atoms with van der Waals surface area (Å²) < 4.78 is 10.1. The Morgan fingerprint density at radius 1 is 1.12 bits per heavy atom. The Labute approximate surface area is 150 Å². The Hall–Kier alpha value is -1.79. The zero-order chi connectivity index (χ0) is 19.0. The maximum atomic E-state index is 12.1. The fourth-order valence-electron chi connectivity index (χ4n) is 2.73. The van der Waals surface area contributed by atoms with E-state index in [0.717, 1.165) is 31.6 Å². The van der Waals surface area contributed by atoms with Gasteiger partial charge >= 0.3 is 12.1 Å². The number of hydrogen-bond donors (Lipinski definition) is 1. The monoisotopic (exact) mass is 356 g/mol. The first-order valence-electron chi connectivity index (χ1n) is 8.96. The third-order valence-corrected chi connectivity index (χ3v) is 4.28. The van der Waals surface area contributed by atoms with Crippen molar-refractivity contribution in [3.63, 3.8) is 0 Å². The molecule has 0 bridgehead atoms. The van der Waals surface area contributed by atoms with Crippen molar-refractivity contribution in [3.8, 4) is 0 Å². The molecular formula is C18H32N2O5. The zero-order valence-corrected chi connectivity index (χ0v) is 16.1. The Balaban J connectivity index is 2.20. The lowest BCUT2D eigenvalue weighted by Crippen LogP contribution is -2.41. The van der Waals surface area contributed by atoms with E-state index in [1.54, 1.807) is 32.7 Å². The van der Waals surface area contributed by atoms with Crippen molar-refractivity contribution >= 4 is 18.0 Å². The van der Waals surface area contributed by atoms with Gasteiger partial charge in [0.05, 0.1) is 6.42 Å². The zero-order valence-electron chi connectivity index (χ0n) is 16.1. The van der Waals surface area contributed by atoms with E-state index in [1.165, 1.54) is 0 Å². The van der Waals surface area contributed by atoms with Gasteiger partial charge in [-0.2, -0.15) is 0 Å². The fourth-order valence-corrected chi connectivity index (χ4v) is 2.73. The average molecular weight is 356 g/mol. The summed E-state index contributed by atoms with van der Waals surface area (Å²) in [5, 5.41) is 2.48. The third kappa shape index (κ3) is 8.74. The normalized spacial score (nSPS) is 20.5. The molecule has 1 saturated carbocycles. The largest absolute Gasteiger partial charge is 0.456 e. The molecule has 1 aliphatic rings. The number of rotatable bonds is 6. The fraction of sp³-hybridized carbons (Fsp3) is 0.833. The molecule has 0 aromatic carbocycles. The standard InChI is InChI=1S/C18H32N2O5/c1-13-6-8-14(9-7-13)20(5)15(21)12-24-16(22)10-11-19-17(23)25-18(2,3)4/h13-14H,6-12H2,1-5H3,(H,19,23). The van der Waals surface area contributed by atoms with Crippen LogP contribution in [-0.2, 0) is 19.1 Å². The van der Waals surface area contributed by atoms with Gasteiger partial charge in [0.2, 0.25) is 0 Å². The van der Waals surface area contributed by atoms with Crippen LogP contribution in [0.3, 0.4) is 0 Å². The minimum absolute atomic E-state index is 0.00280. The van der Waals surface area contributed by atoms with E-state index < -0.39 is 17.7 Å². The first kappa shape index (κ1) is 21.3. The molecule has 0 unspecified atom stereocenters. The predicted molar refractivity (Wildman–Crippen MR) is 94.0 cm³/mol. The first-order chi connectivity index (χ1) is 11.6. The second-order valence-electron chi connectivity index (χ2n) is 7.76. The molecule has 0 aliphatic heterocycles. The van der Waals surface area contributed by atoms with Gasteiger partial charge in [-0.1, -0.05) is 6.92 Å². The van der Waals surface area contributed by atoms with E-state index in [4.69, 9.17) is 9.47 Å². The summed E-state index contributed by atoms with van der Waals surface area (Å²) in [5.41, 5.74) is -0.585. The summed E-state index contributed by atoms with van der Waals surface area (Å²) in [4.78, 5) is 36.9. The van der Waals surface area contributed by atoms with Crippen molar-refractivity contribution in [1.82, 2.24) is 10.2 Å². The van der Waals surface area contributed by atoms with Gasteiger partial charge < -0.3 is 19.7 Å². The van der Waals surface area contributed by atoms with Gasteiger partial charge in [-0.15, -0.1) is 0 Å². The smallest absolute Gasteiger partial charge is 0.407 e. The molecule has 144 valence electrons. The van der Waals surface area contributed by atoms with Gasteiger partial charge in [0.15, 0.2) is 6.61 Å². The molecule has 0 saturated heterocycles. The van der Waals surface area contributed by atoms with Crippen LogP contribution in [-0.4, -0.2) is 54.7 Å². The Morgan fingerprint density at radius 3 is 2.28 bits per heavy atom. The van der Waals surface area contributed by atoms with Gasteiger partial charge in [0.1, 0.15) is 5.60 Å². The lowest BCUT2D eigenvalue weighted by Gasteiger charge is -2.33. The highest BCUT2D eigenvalue weighted by atomic mass is 16.6. The lowest BCUT2D eigenvalue weighted by atomic mass is 9.87. The number of nitrogens with zero attached hydrogens (tertiary/aromatic N) is 1. The molecule has 1 N–H and O–H groups in total. The van der Waals surface area contributed by atoms with Crippen molar-refractivity contribution < 1.29 is 23.9 Å². The van der Waals surface area contributed by atoms with Crippen LogP contribution in [0.2, 0.25) is 0 Å². The van der Waals surface area contributed by atoms with Crippen molar-refractivity contribution in [2.24, 2.45) is 5.92 Å². The number of carbonyl (C=O) groups excluding carboxylic acids is 3. The number of esters is 1. The van der Waals surface area contributed by atoms with Crippen LogP contribution in [0.4, 0.5) is 4.79 Å². The number of hydrogen-bond acceptors (Lipinski definition) is 5. The molecule has 1 rings (SSSR count). The molecule has 7 heteroatoms. The third-order valence-electron chi connectivity index (χ3n) is 4.28. The predicted octanol–water partition coefficient (Wildman–Crippen LogP) is 2.48. The quantitative estimate of drug-likeness (QED) is 0.739. The van der Waals surface area contributed by atoms with Gasteiger partial charge in [-0.25, -0.2) is 4.79 Å². The van der Waals surface area contributed by atoms with Crippen LogP contribution < -0.4 is 5.32 Å². The van der Waals surface area contributed by atoms with Gasteiger partial charge in [-0.05, 0) is 52.4 Å². The number of nitrogens with one attached hydrogen (secondary N) is 1. The maximum Gasteiger partial charge on any atom is 0.407 e. The van der Waals surface area contributed by atoms with E-state index in [1.807, 2.05) is 0 Å². The van der Waals surface area contributed by atoms with Gasteiger partial charge in [0, 0.05) is 19.6 Å². The number of carbonyl (C=O) groups is 3. The van der Waals surface area contributed by atoms with Crippen molar-refractivity contribution in [2.75, 3.05) is 20.2 Å². The van der Waals surface area contributed by atoms with Gasteiger partial charge in [0.25, 0.3) is 5.91 Å². The second-order valence-corrected chi connectivity index (χ2v) is 7.76. The molecule has 25 heavy (non-hydrogen) atoms.